The van der Waals surface area contributed by atoms with Gasteiger partial charge in [0.1, 0.15) is 11.6 Å². The van der Waals surface area contributed by atoms with E-state index >= 15 is 0 Å². The van der Waals surface area contributed by atoms with E-state index in [0.717, 1.165) is 24.8 Å². The third-order valence-electron chi connectivity index (χ3n) is 7.98. The molecule has 3 amide bonds. The summed E-state index contributed by atoms with van der Waals surface area (Å²) in [6.07, 6.45) is 2.83. The Morgan fingerprint density at radius 2 is 1.92 bits per heavy atom. The van der Waals surface area contributed by atoms with Crippen molar-refractivity contribution in [2.24, 2.45) is 17.8 Å². The Morgan fingerprint density at radius 3 is 2.56 bits per heavy atom. The van der Waals surface area contributed by atoms with Gasteiger partial charge in [0.15, 0.2) is 0 Å². The molecule has 3 saturated heterocycles. The van der Waals surface area contributed by atoms with Crippen LogP contribution >= 0.6 is 15.9 Å². The number of amides is 3. The number of alkyl halides is 1. The lowest BCUT2D eigenvalue weighted by molar-refractivity contribution is -0.146. The summed E-state index contributed by atoms with van der Waals surface area (Å²) in [5.41, 5.74) is -0.147. The van der Waals surface area contributed by atoms with E-state index in [4.69, 9.17) is 4.74 Å². The second-order valence-corrected chi connectivity index (χ2v) is 11.8. The molecular weight excluding hydrogens is 526 g/mol. The third-order valence-corrected chi connectivity index (χ3v) is 8.83. The summed E-state index contributed by atoms with van der Waals surface area (Å²) in [5, 5.41) is 16.2. The van der Waals surface area contributed by atoms with E-state index in [1.54, 1.807) is 0 Å². The van der Waals surface area contributed by atoms with E-state index in [1.165, 1.54) is 4.90 Å². The van der Waals surface area contributed by atoms with Crippen molar-refractivity contribution in [3.8, 4) is 0 Å². The Bertz CT molecular complexity index is 960. The Morgan fingerprint density at radius 1 is 1.19 bits per heavy atom. The van der Waals surface area contributed by atoms with Crippen molar-refractivity contribution >= 4 is 33.7 Å². The average molecular weight is 565 g/mol. The Balaban J connectivity index is 1.64. The van der Waals surface area contributed by atoms with Crippen molar-refractivity contribution in [1.29, 1.82) is 0 Å². The standard InChI is InChI=1S/C27H38BrN3O5/c1-4-5-9-12-29-25(34)23-27-13-18(28)22(36-27)20(24(33)30-14-17-10-7-6-8-11-17)21(27)26(35)31(23)19(15-32)16(2)3/h6-8,10-11,16,18-23,32H,4-5,9,12-15H2,1-3H3,(H,29,34)(H,30,33)/t18?,19-,20-,21-,22-,23?,27?/m0/s1. The Labute approximate surface area is 221 Å². The third kappa shape index (κ3) is 4.70. The topological polar surface area (TPSA) is 108 Å². The maximum Gasteiger partial charge on any atom is 0.245 e. The number of fused-ring (bicyclic) bond motifs is 1. The zero-order valence-electron chi connectivity index (χ0n) is 21.3. The van der Waals surface area contributed by atoms with Crippen LogP contribution in [0.3, 0.4) is 0 Å². The fraction of sp³-hybridized carbons (Fsp3) is 0.667. The molecule has 0 aliphatic carbocycles. The van der Waals surface area contributed by atoms with Crippen LogP contribution < -0.4 is 10.6 Å². The molecule has 0 saturated carbocycles. The van der Waals surface area contributed by atoms with E-state index in [2.05, 4.69) is 33.5 Å². The predicted molar refractivity (Wildman–Crippen MR) is 139 cm³/mol. The summed E-state index contributed by atoms with van der Waals surface area (Å²) in [7, 11) is 0. The van der Waals surface area contributed by atoms with Crippen LogP contribution in [0.2, 0.25) is 0 Å². The zero-order valence-corrected chi connectivity index (χ0v) is 22.9. The number of aliphatic hydroxyl groups excluding tert-OH is 1. The number of carbonyl (C=O) groups excluding carboxylic acids is 3. The molecular formula is C27H38BrN3O5. The van der Waals surface area contributed by atoms with Crippen LogP contribution in [0.15, 0.2) is 30.3 Å². The van der Waals surface area contributed by atoms with Crippen molar-refractivity contribution < 1.29 is 24.2 Å². The molecule has 36 heavy (non-hydrogen) atoms. The normalized spacial score (nSPS) is 31.6. The van der Waals surface area contributed by atoms with Crippen molar-refractivity contribution in [1.82, 2.24) is 15.5 Å². The van der Waals surface area contributed by atoms with Crippen LogP contribution in [-0.4, -0.2) is 69.5 Å². The number of carbonyl (C=O) groups is 3. The van der Waals surface area contributed by atoms with Crippen molar-refractivity contribution in [2.45, 2.75) is 81.6 Å². The Kier molecular flexibility index (Phi) is 8.42. The molecule has 0 aromatic heterocycles. The van der Waals surface area contributed by atoms with Gasteiger partial charge in [0.25, 0.3) is 0 Å². The summed E-state index contributed by atoms with van der Waals surface area (Å²) >= 11 is 3.69. The van der Waals surface area contributed by atoms with E-state index in [0.29, 0.717) is 19.5 Å². The minimum absolute atomic E-state index is 0.0770. The number of rotatable bonds is 11. The molecule has 198 valence electrons. The van der Waals surface area contributed by atoms with Crippen LogP contribution in [0.4, 0.5) is 0 Å². The van der Waals surface area contributed by atoms with Gasteiger partial charge in [-0.1, -0.05) is 79.9 Å². The van der Waals surface area contributed by atoms with E-state index in [1.807, 2.05) is 44.2 Å². The molecule has 3 unspecified atom stereocenters. The molecule has 8 nitrogen and oxygen atoms in total. The SMILES string of the molecule is CCCCCNC(=O)C1N([C@@H](CO)C(C)C)C(=O)[C@@H]2[C@H](C(=O)NCc3ccccc3)[C@H]3OC12CC3Br. The number of halogens is 1. The number of unbranched alkanes of at least 4 members (excludes halogenated alkanes) is 2. The first-order valence-electron chi connectivity index (χ1n) is 13.1. The van der Waals surface area contributed by atoms with Gasteiger partial charge in [-0.05, 0) is 24.3 Å². The number of benzene rings is 1. The molecule has 3 heterocycles. The number of hydrogen-bond acceptors (Lipinski definition) is 5. The van der Waals surface area contributed by atoms with Gasteiger partial charge in [-0.25, -0.2) is 0 Å². The first-order chi connectivity index (χ1) is 17.3. The second kappa shape index (κ2) is 11.2. The molecule has 1 spiro atoms. The summed E-state index contributed by atoms with van der Waals surface area (Å²) in [6, 6.07) is 8.16. The number of ether oxygens (including phenoxy) is 1. The van der Waals surface area contributed by atoms with Gasteiger partial charge in [0.2, 0.25) is 17.7 Å². The molecule has 3 fully saturated rings. The van der Waals surface area contributed by atoms with Gasteiger partial charge in [0, 0.05) is 17.9 Å². The summed E-state index contributed by atoms with van der Waals surface area (Å²) in [5.74, 6) is -2.36. The van der Waals surface area contributed by atoms with E-state index in [-0.39, 0.29) is 35.1 Å². The quantitative estimate of drug-likeness (QED) is 0.283. The predicted octanol–water partition coefficient (Wildman–Crippen LogP) is 2.37. The summed E-state index contributed by atoms with van der Waals surface area (Å²) in [6.45, 7) is 6.54. The van der Waals surface area contributed by atoms with E-state index < -0.39 is 35.6 Å². The largest absolute Gasteiger partial charge is 0.394 e. The molecule has 3 aliphatic heterocycles. The van der Waals surface area contributed by atoms with Crippen LogP contribution in [0, 0.1) is 17.8 Å². The molecule has 3 aliphatic rings. The summed E-state index contributed by atoms with van der Waals surface area (Å²) in [4.78, 5) is 42.5. The van der Waals surface area contributed by atoms with Crippen LogP contribution in [0.25, 0.3) is 0 Å². The minimum Gasteiger partial charge on any atom is -0.394 e. The highest BCUT2D eigenvalue weighted by molar-refractivity contribution is 9.09. The lowest BCUT2D eigenvalue weighted by Gasteiger charge is -2.38. The average Bonchev–Trinajstić information content (AvgIpc) is 3.45. The Hall–Kier alpha value is -1.97. The lowest BCUT2D eigenvalue weighted by atomic mass is 9.70. The number of nitrogens with one attached hydrogen (secondary N) is 2. The minimum atomic E-state index is -1.11. The van der Waals surface area contributed by atoms with Gasteiger partial charge < -0.3 is 25.4 Å². The van der Waals surface area contributed by atoms with Gasteiger partial charge in [-0.3, -0.25) is 14.4 Å². The molecule has 2 bridgehead atoms. The molecule has 1 aromatic rings. The van der Waals surface area contributed by atoms with Gasteiger partial charge in [0.05, 0.1) is 30.6 Å². The molecule has 1 aromatic carbocycles. The van der Waals surface area contributed by atoms with Crippen LogP contribution in [0.5, 0.6) is 0 Å². The lowest BCUT2D eigenvalue weighted by Crippen LogP contribution is -2.59. The summed E-state index contributed by atoms with van der Waals surface area (Å²) < 4.78 is 6.51. The maximum absolute atomic E-state index is 14.0. The zero-order chi connectivity index (χ0) is 26.0. The molecule has 7 atom stereocenters. The molecule has 3 N–H and O–H groups in total. The van der Waals surface area contributed by atoms with Gasteiger partial charge in [-0.2, -0.15) is 0 Å². The van der Waals surface area contributed by atoms with Crippen molar-refractivity contribution in [3.63, 3.8) is 0 Å². The number of aliphatic hydroxyl groups is 1. The second-order valence-electron chi connectivity index (χ2n) is 10.6. The van der Waals surface area contributed by atoms with E-state index in [9.17, 15) is 19.5 Å². The first kappa shape index (κ1) is 27.1. The number of nitrogens with zero attached hydrogens (tertiary/aromatic N) is 1. The molecule has 0 radical (unpaired) electrons. The fourth-order valence-corrected chi connectivity index (χ4v) is 7.17. The fourth-order valence-electron chi connectivity index (χ4n) is 6.23. The van der Waals surface area contributed by atoms with Crippen molar-refractivity contribution in [3.05, 3.63) is 35.9 Å². The molecule has 9 heteroatoms. The first-order valence-corrected chi connectivity index (χ1v) is 14.0. The highest BCUT2D eigenvalue weighted by Gasteiger charge is 2.77. The number of likely N-dealkylation sites (tertiary alicyclic amines) is 1. The smallest absolute Gasteiger partial charge is 0.245 e. The monoisotopic (exact) mass is 563 g/mol. The van der Waals surface area contributed by atoms with Crippen LogP contribution in [-0.2, 0) is 25.7 Å². The van der Waals surface area contributed by atoms with Gasteiger partial charge >= 0.3 is 0 Å². The maximum atomic E-state index is 14.0. The highest BCUT2D eigenvalue weighted by Crippen LogP contribution is 2.60. The van der Waals surface area contributed by atoms with Gasteiger partial charge in [-0.15, -0.1) is 0 Å². The molecule has 4 rings (SSSR count). The highest BCUT2D eigenvalue weighted by atomic mass is 79.9. The van der Waals surface area contributed by atoms with Crippen LogP contribution in [0.1, 0.15) is 52.0 Å². The van der Waals surface area contributed by atoms with Crippen molar-refractivity contribution in [2.75, 3.05) is 13.2 Å². The number of hydrogen-bond donors (Lipinski definition) is 3.